The standard InChI is InChI=1S/C6H8NO/c1-3-6-4-7-5(2)8-6/h3-4H,1-2H3. The van der Waals surface area contributed by atoms with Gasteiger partial charge in [-0.15, -0.1) is 0 Å². The molecule has 2 heteroatoms. The molecule has 8 heavy (non-hydrogen) atoms. The van der Waals surface area contributed by atoms with Crippen LogP contribution in [-0.2, 0) is 0 Å². The first-order chi connectivity index (χ1) is 3.83. The number of aromatic nitrogens is 1. The van der Waals surface area contributed by atoms with Crippen LogP contribution in [0.1, 0.15) is 18.6 Å². The predicted octanol–water partition coefficient (Wildman–Crippen LogP) is 1.56. The number of hydrogen-bond acceptors (Lipinski definition) is 2. The fourth-order valence-corrected chi connectivity index (χ4v) is 0.511. The summed E-state index contributed by atoms with van der Waals surface area (Å²) in [5.41, 5.74) is 0. The van der Waals surface area contributed by atoms with E-state index in [4.69, 9.17) is 4.42 Å². The highest BCUT2D eigenvalue weighted by atomic mass is 16.3. The van der Waals surface area contributed by atoms with Gasteiger partial charge in [0, 0.05) is 13.3 Å². The molecule has 43 valence electrons. The van der Waals surface area contributed by atoms with Gasteiger partial charge in [0.2, 0.25) is 0 Å². The van der Waals surface area contributed by atoms with Crippen molar-refractivity contribution in [3.05, 3.63) is 24.3 Å². The summed E-state index contributed by atoms with van der Waals surface area (Å²) in [6, 6.07) is 0. The highest BCUT2D eigenvalue weighted by Gasteiger charge is 1.93. The summed E-state index contributed by atoms with van der Waals surface area (Å²) in [4.78, 5) is 3.89. The minimum absolute atomic E-state index is 0.720. The highest BCUT2D eigenvalue weighted by Crippen LogP contribution is 2.02. The van der Waals surface area contributed by atoms with Gasteiger partial charge in [-0.05, 0) is 0 Å². The Morgan fingerprint density at radius 1 is 1.75 bits per heavy atom. The van der Waals surface area contributed by atoms with Gasteiger partial charge >= 0.3 is 0 Å². The molecule has 0 saturated heterocycles. The van der Waals surface area contributed by atoms with Crippen molar-refractivity contribution in [2.75, 3.05) is 0 Å². The number of aryl methyl sites for hydroxylation is 1. The molecule has 1 aromatic rings. The van der Waals surface area contributed by atoms with Gasteiger partial charge in [0.1, 0.15) is 5.76 Å². The van der Waals surface area contributed by atoms with E-state index in [1.165, 1.54) is 0 Å². The van der Waals surface area contributed by atoms with Crippen molar-refractivity contribution in [1.82, 2.24) is 4.98 Å². The van der Waals surface area contributed by atoms with Crippen LogP contribution in [0.2, 0.25) is 0 Å². The zero-order valence-corrected chi connectivity index (χ0v) is 5.01. The molecule has 0 aromatic carbocycles. The lowest BCUT2D eigenvalue weighted by Gasteiger charge is -1.79. The van der Waals surface area contributed by atoms with E-state index in [2.05, 4.69) is 4.98 Å². The van der Waals surface area contributed by atoms with Crippen molar-refractivity contribution in [1.29, 1.82) is 0 Å². The van der Waals surface area contributed by atoms with Gasteiger partial charge in [0.05, 0.1) is 6.20 Å². The summed E-state index contributed by atoms with van der Waals surface area (Å²) < 4.78 is 5.07. The molecule has 0 aliphatic rings. The van der Waals surface area contributed by atoms with Gasteiger partial charge in [-0.25, -0.2) is 4.98 Å². The van der Waals surface area contributed by atoms with Crippen LogP contribution in [0.25, 0.3) is 0 Å². The van der Waals surface area contributed by atoms with E-state index in [9.17, 15) is 0 Å². The minimum atomic E-state index is 0.720. The lowest BCUT2D eigenvalue weighted by molar-refractivity contribution is 0.499. The normalized spacial score (nSPS) is 9.75. The van der Waals surface area contributed by atoms with Gasteiger partial charge in [-0.3, -0.25) is 0 Å². The SMILES string of the molecule is C[CH]c1cnc(C)o1. The van der Waals surface area contributed by atoms with Crippen LogP contribution in [0, 0.1) is 13.3 Å². The van der Waals surface area contributed by atoms with E-state index >= 15 is 0 Å². The summed E-state index contributed by atoms with van der Waals surface area (Å²) in [7, 11) is 0. The maximum atomic E-state index is 5.07. The highest BCUT2D eigenvalue weighted by molar-refractivity contribution is 5.02. The van der Waals surface area contributed by atoms with Gasteiger partial charge in [0.25, 0.3) is 0 Å². The zero-order valence-electron chi connectivity index (χ0n) is 5.01. The number of nitrogens with zero attached hydrogens (tertiary/aromatic N) is 1. The Hall–Kier alpha value is -0.790. The van der Waals surface area contributed by atoms with Crippen molar-refractivity contribution < 1.29 is 4.42 Å². The molecule has 1 aromatic heterocycles. The van der Waals surface area contributed by atoms with Gasteiger partial charge in [-0.2, -0.15) is 0 Å². The Kier molecular flexibility index (Phi) is 1.33. The Morgan fingerprint density at radius 3 is 2.75 bits per heavy atom. The lowest BCUT2D eigenvalue weighted by atomic mass is 10.4. The number of oxazole rings is 1. The molecule has 1 heterocycles. The van der Waals surface area contributed by atoms with Crippen molar-refractivity contribution in [2.45, 2.75) is 13.8 Å². The fraction of sp³-hybridized carbons (Fsp3) is 0.333. The second kappa shape index (κ2) is 1.99. The molecule has 0 atom stereocenters. The van der Waals surface area contributed by atoms with Crippen LogP contribution in [-0.4, -0.2) is 4.98 Å². The fourth-order valence-electron chi connectivity index (χ4n) is 0.511. The third-order valence-corrected chi connectivity index (χ3v) is 0.924. The molecule has 1 radical (unpaired) electrons. The van der Waals surface area contributed by atoms with E-state index in [-0.39, 0.29) is 0 Å². The summed E-state index contributed by atoms with van der Waals surface area (Å²) in [5.74, 6) is 1.56. The predicted molar refractivity (Wildman–Crippen MR) is 30.3 cm³/mol. The third-order valence-electron chi connectivity index (χ3n) is 0.924. The molecule has 0 fully saturated rings. The second-order valence-electron chi connectivity index (χ2n) is 1.57. The van der Waals surface area contributed by atoms with Crippen molar-refractivity contribution in [2.24, 2.45) is 0 Å². The van der Waals surface area contributed by atoms with E-state index in [1.807, 2.05) is 20.3 Å². The average Bonchev–Trinajstić information content (AvgIpc) is 2.14. The van der Waals surface area contributed by atoms with Crippen LogP contribution >= 0.6 is 0 Å². The molecule has 0 N–H and O–H groups in total. The first-order valence-corrected chi connectivity index (χ1v) is 2.54. The lowest BCUT2D eigenvalue weighted by Crippen LogP contribution is -1.64. The monoisotopic (exact) mass is 110 g/mol. The third kappa shape index (κ3) is 0.886. The molecule has 0 amide bonds. The van der Waals surface area contributed by atoms with Gasteiger partial charge in [0.15, 0.2) is 5.89 Å². The Bertz CT molecular complexity index is 169. The Balaban J connectivity index is 2.84. The Labute approximate surface area is 48.5 Å². The molecule has 2 nitrogen and oxygen atoms in total. The van der Waals surface area contributed by atoms with Gasteiger partial charge < -0.3 is 4.42 Å². The first-order valence-electron chi connectivity index (χ1n) is 2.54. The van der Waals surface area contributed by atoms with E-state index in [0.29, 0.717) is 0 Å². The van der Waals surface area contributed by atoms with Crippen molar-refractivity contribution in [3.63, 3.8) is 0 Å². The van der Waals surface area contributed by atoms with Crippen molar-refractivity contribution >= 4 is 0 Å². The topological polar surface area (TPSA) is 26.0 Å². The maximum Gasteiger partial charge on any atom is 0.191 e. The molecule has 0 spiro atoms. The van der Waals surface area contributed by atoms with Crippen LogP contribution in [0.15, 0.2) is 10.6 Å². The molecule has 0 aliphatic heterocycles. The summed E-state index contributed by atoms with van der Waals surface area (Å²) >= 11 is 0. The smallest absolute Gasteiger partial charge is 0.191 e. The molecule has 0 unspecified atom stereocenters. The minimum Gasteiger partial charge on any atom is -0.446 e. The van der Waals surface area contributed by atoms with Crippen LogP contribution < -0.4 is 0 Å². The molecule has 1 rings (SSSR count). The first kappa shape index (κ1) is 5.35. The number of rotatable bonds is 1. The zero-order chi connectivity index (χ0) is 5.98. The maximum absolute atomic E-state index is 5.07. The van der Waals surface area contributed by atoms with Gasteiger partial charge in [-0.1, -0.05) is 6.92 Å². The molecular formula is C6H8NO. The Morgan fingerprint density at radius 2 is 2.50 bits per heavy atom. The summed E-state index contributed by atoms with van der Waals surface area (Å²) in [5, 5.41) is 0. The quantitative estimate of drug-likeness (QED) is 0.548. The van der Waals surface area contributed by atoms with Crippen LogP contribution in [0.5, 0.6) is 0 Å². The second-order valence-corrected chi connectivity index (χ2v) is 1.57. The molecule has 0 saturated carbocycles. The molecule has 0 bridgehead atoms. The van der Waals surface area contributed by atoms with Crippen molar-refractivity contribution in [3.8, 4) is 0 Å². The number of hydrogen-bond donors (Lipinski definition) is 0. The largest absolute Gasteiger partial charge is 0.446 e. The van der Waals surface area contributed by atoms with E-state index in [1.54, 1.807) is 6.20 Å². The van der Waals surface area contributed by atoms with Crippen LogP contribution in [0.4, 0.5) is 0 Å². The summed E-state index contributed by atoms with van der Waals surface area (Å²) in [6.07, 6.45) is 3.58. The molecule has 0 aliphatic carbocycles. The average molecular weight is 110 g/mol. The van der Waals surface area contributed by atoms with Crippen LogP contribution in [0.3, 0.4) is 0 Å². The van der Waals surface area contributed by atoms with E-state index in [0.717, 1.165) is 11.7 Å². The summed E-state index contributed by atoms with van der Waals surface area (Å²) in [6.45, 7) is 3.74. The van der Waals surface area contributed by atoms with E-state index < -0.39 is 0 Å². The molecular weight excluding hydrogens is 102 g/mol.